The fourth-order valence-corrected chi connectivity index (χ4v) is 2.92. The van der Waals surface area contributed by atoms with Crippen LogP contribution in [0.15, 0.2) is 4.79 Å². The fourth-order valence-electron chi connectivity index (χ4n) is 2.18. The summed E-state index contributed by atoms with van der Waals surface area (Å²) in [6.45, 7) is 7.62. The predicted molar refractivity (Wildman–Crippen MR) is 77.1 cm³/mol. The minimum atomic E-state index is -3.10. The molecule has 0 aromatic carbocycles. The van der Waals surface area contributed by atoms with Crippen LogP contribution in [0.4, 0.5) is 5.69 Å². The second kappa shape index (κ2) is 5.03. The lowest BCUT2D eigenvalue weighted by Gasteiger charge is -2.21. The normalized spacial score (nSPS) is 12.9. The Labute approximate surface area is 114 Å². The van der Waals surface area contributed by atoms with Crippen molar-refractivity contribution in [3.63, 3.8) is 0 Å². The van der Waals surface area contributed by atoms with Crippen LogP contribution < -0.4 is 11.3 Å². The molecule has 0 atom stereocenters. The largest absolute Gasteiger partial charge is 0.393 e. The standard InChI is InChI=1S/C12H23N3O3S/c1-6-19(17,18)8-7-15-11(16)9(13)10(14(15)5)12(2,3)4/h6-8,13H2,1-5H3. The molecule has 1 aromatic heterocycles. The second-order valence-electron chi connectivity index (χ2n) is 5.70. The summed E-state index contributed by atoms with van der Waals surface area (Å²) in [6, 6.07) is 0. The second-order valence-corrected chi connectivity index (χ2v) is 8.17. The van der Waals surface area contributed by atoms with Crippen molar-refractivity contribution >= 4 is 15.5 Å². The highest BCUT2D eigenvalue weighted by Crippen LogP contribution is 2.25. The van der Waals surface area contributed by atoms with Crippen LogP contribution in [0.2, 0.25) is 0 Å². The summed E-state index contributed by atoms with van der Waals surface area (Å²) in [5.41, 5.74) is 6.19. The molecule has 0 saturated carbocycles. The van der Waals surface area contributed by atoms with E-state index in [1.807, 2.05) is 20.8 Å². The van der Waals surface area contributed by atoms with Crippen molar-refractivity contribution in [2.24, 2.45) is 7.05 Å². The van der Waals surface area contributed by atoms with Gasteiger partial charge in [0.25, 0.3) is 5.56 Å². The minimum absolute atomic E-state index is 0.0513. The molecular formula is C12H23N3O3S. The van der Waals surface area contributed by atoms with Gasteiger partial charge in [0.1, 0.15) is 5.69 Å². The van der Waals surface area contributed by atoms with Crippen LogP contribution in [-0.4, -0.2) is 29.3 Å². The van der Waals surface area contributed by atoms with Gasteiger partial charge in [-0.25, -0.2) is 13.1 Å². The first-order valence-corrected chi connectivity index (χ1v) is 8.09. The highest BCUT2D eigenvalue weighted by molar-refractivity contribution is 7.91. The van der Waals surface area contributed by atoms with Gasteiger partial charge in [-0.3, -0.25) is 9.48 Å². The fraction of sp³-hybridized carbons (Fsp3) is 0.750. The lowest BCUT2D eigenvalue weighted by Crippen LogP contribution is -2.27. The van der Waals surface area contributed by atoms with Crippen molar-refractivity contribution in [2.45, 2.75) is 39.7 Å². The summed E-state index contributed by atoms with van der Waals surface area (Å²) in [5.74, 6) is 0.0259. The summed E-state index contributed by atoms with van der Waals surface area (Å²) in [4.78, 5) is 12.1. The molecule has 1 heterocycles. The van der Waals surface area contributed by atoms with Gasteiger partial charge in [0.2, 0.25) is 0 Å². The Bertz CT molecular complexity index is 618. The van der Waals surface area contributed by atoms with Gasteiger partial charge in [-0.05, 0) is 0 Å². The SMILES string of the molecule is CCS(=O)(=O)CCn1c(=O)c(N)c(C(C)(C)C)n1C. The van der Waals surface area contributed by atoms with E-state index >= 15 is 0 Å². The zero-order valence-electron chi connectivity index (χ0n) is 12.2. The van der Waals surface area contributed by atoms with Crippen molar-refractivity contribution in [3.05, 3.63) is 16.0 Å². The third-order valence-corrected chi connectivity index (χ3v) is 4.85. The van der Waals surface area contributed by atoms with E-state index in [1.54, 1.807) is 18.7 Å². The van der Waals surface area contributed by atoms with Crippen LogP contribution in [0.5, 0.6) is 0 Å². The van der Waals surface area contributed by atoms with E-state index in [1.165, 1.54) is 4.68 Å². The van der Waals surface area contributed by atoms with Crippen molar-refractivity contribution < 1.29 is 8.42 Å². The van der Waals surface area contributed by atoms with E-state index in [-0.39, 0.29) is 34.7 Å². The summed E-state index contributed by atoms with van der Waals surface area (Å²) >= 11 is 0. The van der Waals surface area contributed by atoms with Gasteiger partial charge in [-0.2, -0.15) is 0 Å². The lowest BCUT2D eigenvalue weighted by atomic mass is 9.91. The molecule has 0 radical (unpaired) electrons. The number of nitrogens with zero attached hydrogens (tertiary/aromatic N) is 2. The highest BCUT2D eigenvalue weighted by atomic mass is 32.2. The Morgan fingerprint density at radius 1 is 1.26 bits per heavy atom. The molecular weight excluding hydrogens is 266 g/mol. The van der Waals surface area contributed by atoms with Gasteiger partial charge in [0, 0.05) is 18.2 Å². The van der Waals surface area contributed by atoms with E-state index in [9.17, 15) is 13.2 Å². The maximum Gasteiger partial charge on any atom is 0.290 e. The molecule has 1 aromatic rings. The zero-order chi connectivity index (χ0) is 15.0. The third-order valence-electron chi connectivity index (χ3n) is 3.17. The van der Waals surface area contributed by atoms with Crippen molar-refractivity contribution in [1.82, 2.24) is 9.36 Å². The van der Waals surface area contributed by atoms with Crippen LogP contribution in [-0.2, 0) is 28.8 Å². The van der Waals surface area contributed by atoms with E-state index in [0.29, 0.717) is 0 Å². The van der Waals surface area contributed by atoms with Gasteiger partial charge in [0.05, 0.1) is 18.0 Å². The van der Waals surface area contributed by atoms with Gasteiger partial charge < -0.3 is 5.73 Å². The van der Waals surface area contributed by atoms with Gasteiger partial charge >= 0.3 is 0 Å². The Morgan fingerprint density at radius 2 is 1.79 bits per heavy atom. The summed E-state index contributed by atoms with van der Waals surface area (Å²) in [6.07, 6.45) is 0. The number of anilines is 1. The molecule has 6 nitrogen and oxygen atoms in total. The number of aromatic nitrogens is 2. The third kappa shape index (κ3) is 3.20. The first-order chi connectivity index (χ1) is 8.51. The number of sulfone groups is 1. The number of nitrogen functional groups attached to an aromatic ring is 1. The van der Waals surface area contributed by atoms with E-state index in [4.69, 9.17) is 5.73 Å². The van der Waals surface area contributed by atoms with E-state index in [0.717, 1.165) is 5.69 Å². The van der Waals surface area contributed by atoms with Crippen LogP contribution in [0.25, 0.3) is 0 Å². The maximum absolute atomic E-state index is 12.1. The molecule has 0 spiro atoms. The molecule has 0 bridgehead atoms. The number of hydrogen-bond donors (Lipinski definition) is 1. The topological polar surface area (TPSA) is 87.1 Å². The van der Waals surface area contributed by atoms with E-state index < -0.39 is 9.84 Å². The molecule has 0 amide bonds. The van der Waals surface area contributed by atoms with Crippen molar-refractivity contribution in [1.29, 1.82) is 0 Å². The molecule has 0 unspecified atom stereocenters. The highest BCUT2D eigenvalue weighted by Gasteiger charge is 2.26. The molecule has 19 heavy (non-hydrogen) atoms. The van der Waals surface area contributed by atoms with Crippen molar-refractivity contribution in [3.8, 4) is 0 Å². The number of rotatable bonds is 4. The Kier molecular flexibility index (Phi) is 4.19. The minimum Gasteiger partial charge on any atom is -0.393 e. The van der Waals surface area contributed by atoms with Crippen LogP contribution in [0, 0.1) is 0 Å². The molecule has 0 saturated heterocycles. The molecule has 0 aliphatic heterocycles. The molecule has 7 heteroatoms. The predicted octanol–water partition coefficient (Wildman–Crippen LogP) is 0.501. The first kappa shape index (κ1) is 15.8. The monoisotopic (exact) mass is 289 g/mol. The molecule has 0 fully saturated rings. The van der Waals surface area contributed by atoms with Crippen LogP contribution in [0.1, 0.15) is 33.4 Å². The quantitative estimate of drug-likeness (QED) is 0.874. The summed E-state index contributed by atoms with van der Waals surface area (Å²) in [7, 11) is -1.37. The molecule has 0 aliphatic carbocycles. The van der Waals surface area contributed by atoms with Gasteiger partial charge in [-0.15, -0.1) is 0 Å². The Morgan fingerprint density at radius 3 is 2.16 bits per heavy atom. The lowest BCUT2D eigenvalue weighted by molar-refractivity contribution is 0.452. The Hall–Kier alpha value is -1.24. The summed E-state index contributed by atoms with van der Waals surface area (Å²) in [5, 5.41) is 0. The van der Waals surface area contributed by atoms with Crippen LogP contribution in [0.3, 0.4) is 0 Å². The van der Waals surface area contributed by atoms with Crippen molar-refractivity contribution in [2.75, 3.05) is 17.2 Å². The molecule has 110 valence electrons. The van der Waals surface area contributed by atoms with Gasteiger partial charge in [-0.1, -0.05) is 27.7 Å². The maximum atomic E-state index is 12.1. The number of nitrogens with two attached hydrogens (primary N) is 1. The smallest absolute Gasteiger partial charge is 0.290 e. The average Bonchev–Trinajstić information content (AvgIpc) is 2.47. The molecule has 2 N–H and O–H groups in total. The van der Waals surface area contributed by atoms with E-state index in [2.05, 4.69) is 0 Å². The average molecular weight is 289 g/mol. The zero-order valence-corrected chi connectivity index (χ0v) is 13.0. The number of hydrogen-bond acceptors (Lipinski definition) is 4. The first-order valence-electron chi connectivity index (χ1n) is 6.27. The Balaban J connectivity index is 3.22. The van der Waals surface area contributed by atoms with Gasteiger partial charge in [0.15, 0.2) is 9.84 Å². The molecule has 0 aliphatic rings. The van der Waals surface area contributed by atoms with Crippen LogP contribution >= 0.6 is 0 Å². The molecule has 1 rings (SSSR count). The summed E-state index contributed by atoms with van der Waals surface area (Å²) < 4.78 is 26.1.